The largest absolute Gasteiger partial charge is 0.475 e. The summed E-state index contributed by atoms with van der Waals surface area (Å²) >= 11 is 5.87. The molecule has 0 saturated carbocycles. The number of hydrogen-bond acceptors (Lipinski definition) is 5. The van der Waals surface area contributed by atoms with Gasteiger partial charge in [-0.1, -0.05) is 11.6 Å². The van der Waals surface area contributed by atoms with Crippen molar-refractivity contribution in [3.63, 3.8) is 0 Å². The monoisotopic (exact) mass is 254 g/mol. The maximum Gasteiger partial charge on any atom is 0.256 e. The van der Waals surface area contributed by atoms with Crippen LogP contribution >= 0.6 is 11.6 Å². The van der Waals surface area contributed by atoms with Gasteiger partial charge in [-0.3, -0.25) is 0 Å². The average Bonchev–Trinajstić information content (AvgIpc) is 2.95. The zero-order chi connectivity index (χ0) is 11.7. The molecule has 0 radical (unpaired) electrons. The molecular formula is C10H11ClN4O2. The smallest absolute Gasteiger partial charge is 0.256 e. The van der Waals surface area contributed by atoms with Gasteiger partial charge in [-0.05, 0) is 12.8 Å². The number of fused-ring (bicyclic) bond motifs is 1. The Morgan fingerprint density at radius 1 is 1.59 bits per heavy atom. The first-order chi connectivity index (χ1) is 8.33. The molecule has 17 heavy (non-hydrogen) atoms. The summed E-state index contributed by atoms with van der Waals surface area (Å²) in [5.41, 5.74) is 0. The fourth-order valence-electron chi connectivity index (χ4n) is 1.81. The number of aromatic nitrogens is 4. The van der Waals surface area contributed by atoms with E-state index in [9.17, 15) is 0 Å². The minimum absolute atomic E-state index is 0.153. The molecule has 1 saturated heterocycles. The van der Waals surface area contributed by atoms with Crippen molar-refractivity contribution < 1.29 is 9.47 Å². The molecule has 0 bridgehead atoms. The van der Waals surface area contributed by atoms with E-state index in [1.54, 1.807) is 6.07 Å². The Morgan fingerprint density at radius 3 is 3.35 bits per heavy atom. The third-order valence-corrected chi connectivity index (χ3v) is 2.82. The van der Waals surface area contributed by atoms with E-state index < -0.39 is 0 Å². The van der Waals surface area contributed by atoms with Crippen molar-refractivity contribution in [1.29, 1.82) is 0 Å². The van der Waals surface area contributed by atoms with Crippen molar-refractivity contribution in [2.75, 3.05) is 13.2 Å². The molecule has 1 aliphatic heterocycles. The Balaban J connectivity index is 1.81. The molecule has 3 rings (SSSR count). The van der Waals surface area contributed by atoms with E-state index in [4.69, 9.17) is 21.1 Å². The van der Waals surface area contributed by atoms with Gasteiger partial charge in [0.15, 0.2) is 0 Å². The maximum absolute atomic E-state index is 5.87. The number of rotatable bonds is 3. The van der Waals surface area contributed by atoms with Crippen LogP contribution in [0.5, 0.6) is 5.88 Å². The molecule has 0 aromatic carbocycles. The van der Waals surface area contributed by atoms with Gasteiger partial charge in [0.1, 0.15) is 18.1 Å². The van der Waals surface area contributed by atoms with Crippen molar-refractivity contribution in [2.45, 2.75) is 18.9 Å². The second-order valence-corrected chi connectivity index (χ2v) is 4.22. The van der Waals surface area contributed by atoms with E-state index in [1.165, 1.54) is 10.8 Å². The summed E-state index contributed by atoms with van der Waals surface area (Å²) in [7, 11) is 0. The molecule has 1 aliphatic rings. The molecule has 0 amide bonds. The highest BCUT2D eigenvalue weighted by Gasteiger charge is 2.17. The summed E-state index contributed by atoms with van der Waals surface area (Å²) < 4.78 is 12.6. The van der Waals surface area contributed by atoms with Gasteiger partial charge in [-0.25, -0.2) is 0 Å². The molecular weight excluding hydrogens is 244 g/mol. The van der Waals surface area contributed by atoms with Gasteiger partial charge in [-0.2, -0.15) is 19.6 Å². The Hall–Kier alpha value is -1.40. The average molecular weight is 255 g/mol. The zero-order valence-electron chi connectivity index (χ0n) is 9.04. The highest BCUT2D eigenvalue weighted by molar-refractivity contribution is 6.29. The first-order valence-electron chi connectivity index (χ1n) is 5.43. The molecule has 1 fully saturated rings. The molecule has 3 heterocycles. The maximum atomic E-state index is 5.87. The topological polar surface area (TPSA) is 61.5 Å². The van der Waals surface area contributed by atoms with E-state index in [-0.39, 0.29) is 6.10 Å². The summed E-state index contributed by atoms with van der Waals surface area (Å²) in [6, 6.07) is 1.62. The molecule has 2 aromatic heterocycles. The van der Waals surface area contributed by atoms with E-state index in [0.717, 1.165) is 19.4 Å². The Labute approximate surface area is 103 Å². The normalized spacial score (nSPS) is 19.9. The Morgan fingerprint density at radius 2 is 2.53 bits per heavy atom. The number of hydrogen-bond donors (Lipinski definition) is 0. The van der Waals surface area contributed by atoms with Crippen LogP contribution in [0.25, 0.3) is 5.78 Å². The van der Waals surface area contributed by atoms with Crippen molar-refractivity contribution >= 4 is 17.4 Å². The molecule has 0 spiro atoms. The zero-order valence-corrected chi connectivity index (χ0v) is 9.80. The van der Waals surface area contributed by atoms with Crippen LogP contribution in [-0.2, 0) is 4.74 Å². The molecule has 90 valence electrons. The highest BCUT2D eigenvalue weighted by Crippen LogP contribution is 2.18. The van der Waals surface area contributed by atoms with Crippen LogP contribution in [0.2, 0.25) is 5.15 Å². The lowest BCUT2D eigenvalue weighted by molar-refractivity contribution is 0.0654. The van der Waals surface area contributed by atoms with Crippen LogP contribution in [0.4, 0.5) is 0 Å². The summed E-state index contributed by atoms with van der Waals surface area (Å²) in [4.78, 5) is 7.98. The van der Waals surface area contributed by atoms with Gasteiger partial charge in [-0.15, -0.1) is 0 Å². The van der Waals surface area contributed by atoms with E-state index in [2.05, 4.69) is 15.1 Å². The van der Waals surface area contributed by atoms with Crippen LogP contribution in [0, 0.1) is 0 Å². The van der Waals surface area contributed by atoms with Crippen LogP contribution in [0.3, 0.4) is 0 Å². The molecule has 0 N–H and O–H groups in total. The van der Waals surface area contributed by atoms with E-state index in [1.807, 2.05) is 0 Å². The molecule has 0 aliphatic carbocycles. The van der Waals surface area contributed by atoms with Gasteiger partial charge in [0.05, 0.1) is 6.10 Å². The van der Waals surface area contributed by atoms with Crippen molar-refractivity contribution in [1.82, 2.24) is 19.6 Å². The minimum atomic E-state index is 0.153. The lowest BCUT2D eigenvalue weighted by Gasteiger charge is -2.11. The van der Waals surface area contributed by atoms with Crippen molar-refractivity contribution in [3.05, 3.63) is 17.5 Å². The third-order valence-electron chi connectivity index (χ3n) is 2.63. The number of nitrogens with zero attached hydrogens (tertiary/aromatic N) is 4. The SMILES string of the molecule is Clc1cc(OCC2CCCO2)n2ncnc2n1. The van der Waals surface area contributed by atoms with Gasteiger partial charge in [0.25, 0.3) is 5.78 Å². The van der Waals surface area contributed by atoms with Crippen molar-refractivity contribution in [2.24, 2.45) is 0 Å². The quantitative estimate of drug-likeness (QED) is 0.774. The lowest BCUT2D eigenvalue weighted by atomic mass is 10.2. The molecule has 1 atom stereocenters. The second-order valence-electron chi connectivity index (χ2n) is 3.83. The summed E-state index contributed by atoms with van der Waals surface area (Å²) in [6.45, 7) is 1.30. The van der Waals surface area contributed by atoms with Crippen LogP contribution in [0.1, 0.15) is 12.8 Å². The minimum Gasteiger partial charge on any atom is -0.475 e. The highest BCUT2D eigenvalue weighted by atomic mass is 35.5. The van der Waals surface area contributed by atoms with E-state index >= 15 is 0 Å². The fourth-order valence-corrected chi connectivity index (χ4v) is 1.98. The fraction of sp³-hybridized carbons (Fsp3) is 0.500. The van der Waals surface area contributed by atoms with Crippen LogP contribution in [-0.4, -0.2) is 38.9 Å². The summed E-state index contributed by atoms with van der Waals surface area (Å²) in [6.07, 6.45) is 3.68. The van der Waals surface area contributed by atoms with Gasteiger partial charge >= 0.3 is 0 Å². The molecule has 6 nitrogen and oxygen atoms in total. The third kappa shape index (κ3) is 2.18. The Bertz CT molecular complexity index is 524. The predicted octanol–water partition coefficient (Wildman–Crippen LogP) is 1.34. The Kier molecular flexibility index (Phi) is 2.82. The van der Waals surface area contributed by atoms with Crippen LogP contribution in [0.15, 0.2) is 12.4 Å². The molecule has 2 aromatic rings. The molecule has 7 heteroatoms. The van der Waals surface area contributed by atoms with E-state index in [0.29, 0.717) is 23.4 Å². The van der Waals surface area contributed by atoms with Gasteiger partial charge < -0.3 is 9.47 Å². The summed E-state index contributed by atoms with van der Waals surface area (Å²) in [5.74, 6) is 0.966. The van der Waals surface area contributed by atoms with Gasteiger partial charge in [0, 0.05) is 12.7 Å². The summed E-state index contributed by atoms with van der Waals surface area (Å²) in [5, 5.41) is 4.36. The molecule has 1 unspecified atom stereocenters. The second kappa shape index (κ2) is 4.46. The number of ether oxygens (including phenoxy) is 2. The lowest BCUT2D eigenvalue weighted by Crippen LogP contribution is -2.17. The standard InChI is InChI=1S/C10H11ClN4O2/c11-8-4-9(15-10(14-8)12-6-13-15)17-5-7-2-1-3-16-7/h4,6-7H,1-3,5H2. The van der Waals surface area contributed by atoms with Gasteiger partial charge in [0.2, 0.25) is 5.88 Å². The first-order valence-corrected chi connectivity index (χ1v) is 5.81. The predicted molar refractivity (Wildman–Crippen MR) is 60.3 cm³/mol. The number of halogens is 1. The van der Waals surface area contributed by atoms with Crippen molar-refractivity contribution in [3.8, 4) is 5.88 Å². The first kappa shape index (κ1) is 10.7. The van der Waals surface area contributed by atoms with Crippen LogP contribution < -0.4 is 4.74 Å².